The van der Waals surface area contributed by atoms with Gasteiger partial charge in [0.15, 0.2) is 5.96 Å². The SMILES string of the molecule is CCNC(=NCC(CCO)CC(C)C)NCCCOC1CCOCC1. The second-order valence-corrected chi connectivity index (χ2v) is 7.19. The topological polar surface area (TPSA) is 75.1 Å². The third kappa shape index (κ3) is 11.4. The molecule has 0 spiro atoms. The summed E-state index contributed by atoms with van der Waals surface area (Å²) in [7, 11) is 0. The van der Waals surface area contributed by atoms with E-state index in [0.717, 1.165) is 77.5 Å². The fourth-order valence-corrected chi connectivity index (χ4v) is 3.07. The first-order valence-corrected chi connectivity index (χ1v) is 9.98. The summed E-state index contributed by atoms with van der Waals surface area (Å²) < 4.78 is 11.2. The van der Waals surface area contributed by atoms with Gasteiger partial charge in [-0.3, -0.25) is 4.99 Å². The zero-order chi connectivity index (χ0) is 18.3. The Morgan fingerprint density at radius 1 is 1.28 bits per heavy atom. The summed E-state index contributed by atoms with van der Waals surface area (Å²) in [6.45, 7) is 11.6. The highest BCUT2D eigenvalue weighted by Crippen LogP contribution is 2.15. The van der Waals surface area contributed by atoms with Gasteiger partial charge in [-0.1, -0.05) is 13.8 Å². The molecule has 0 aliphatic carbocycles. The first-order chi connectivity index (χ1) is 12.2. The summed E-state index contributed by atoms with van der Waals surface area (Å²) in [5.74, 6) is 1.93. The summed E-state index contributed by atoms with van der Waals surface area (Å²) in [6, 6.07) is 0. The van der Waals surface area contributed by atoms with Crippen LogP contribution in [0.4, 0.5) is 0 Å². The molecule has 0 aromatic heterocycles. The molecule has 1 rings (SSSR count). The minimum Gasteiger partial charge on any atom is -0.396 e. The van der Waals surface area contributed by atoms with Crippen LogP contribution in [0.5, 0.6) is 0 Å². The Kier molecular flexibility index (Phi) is 12.7. The summed E-state index contributed by atoms with van der Waals surface area (Å²) >= 11 is 0. The molecule has 6 heteroatoms. The predicted octanol–water partition coefficient (Wildman–Crippen LogP) is 2.17. The maximum atomic E-state index is 9.22. The monoisotopic (exact) mass is 357 g/mol. The maximum Gasteiger partial charge on any atom is 0.191 e. The fourth-order valence-electron chi connectivity index (χ4n) is 3.07. The van der Waals surface area contributed by atoms with Crippen molar-refractivity contribution in [3.63, 3.8) is 0 Å². The normalized spacial score (nSPS) is 17.7. The molecule has 0 saturated carbocycles. The van der Waals surface area contributed by atoms with Crippen LogP contribution < -0.4 is 10.6 Å². The standard InChI is InChI=1S/C19H39N3O3/c1-4-20-19(22-15-17(6-10-23)14-16(2)3)21-9-5-11-25-18-7-12-24-13-8-18/h16-18,23H,4-15H2,1-3H3,(H2,20,21,22). The molecule has 25 heavy (non-hydrogen) atoms. The highest BCUT2D eigenvalue weighted by atomic mass is 16.5. The molecule has 148 valence electrons. The number of hydrogen-bond acceptors (Lipinski definition) is 4. The number of guanidine groups is 1. The van der Waals surface area contributed by atoms with Gasteiger partial charge in [-0.15, -0.1) is 0 Å². The summed E-state index contributed by atoms with van der Waals surface area (Å²) in [5.41, 5.74) is 0. The minimum absolute atomic E-state index is 0.237. The summed E-state index contributed by atoms with van der Waals surface area (Å²) in [4.78, 5) is 4.70. The Morgan fingerprint density at radius 2 is 2.04 bits per heavy atom. The van der Waals surface area contributed by atoms with Crippen molar-refractivity contribution in [2.75, 3.05) is 46.1 Å². The van der Waals surface area contributed by atoms with E-state index in [1.807, 2.05) is 0 Å². The Morgan fingerprint density at radius 3 is 2.68 bits per heavy atom. The van der Waals surface area contributed by atoms with Crippen LogP contribution in [0.25, 0.3) is 0 Å². The molecule has 1 aliphatic rings. The van der Waals surface area contributed by atoms with E-state index in [-0.39, 0.29) is 6.61 Å². The third-order valence-corrected chi connectivity index (χ3v) is 4.33. The number of rotatable bonds is 12. The van der Waals surface area contributed by atoms with Gasteiger partial charge in [0.2, 0.25) is 0 Å². The van der Waals surface area contributed by atoms with Crippen LogP contribution in [0.2, 0.25) is 0 Å². The van der Waals surface area contributed by atoms with Gasteiger partial charge in [0.25, 0.3) is 0 Å². The van der Waals surface area contributed by atoms with Gasteiger partial charge < -0.3 is 25.2 Å². The number of ether oxygens (including phenoxy) is 2. The van der Waals surface area contributed by atoms with Gasteiger partial charge in [-0.2, -0.15) is 0 Å². The van der Waals surface area contributed by atoms with Crippen LogP contribution in [-0.2, 0) is 9.47 Å². The molecule has 1 atom stereocenters. The van der Waals surface area contributed by atoms with Crippen molar-refractivity contribution < 1.29 is 14.6 Å². The molecular formula is C19H39N3O3. The van der Waals surface area contributed by atoms with E-state index in [2.05, 4.69) is 31.4 Å². The number of nitrogens with zero attached hydrogens (tertiary/aromatic N) is 1. The number of hydrogen-bond donors (Lipinski definition) is 3. The second-order valence-electron chi connectivity index (χ2n) is 7.19. The van der Waals surface area contributed by atoms with Gasteiger partial charge in [0, 0.05) is 46.1 Å². The lowest BCUT2D eigenvalue weighted by molar-refractivity contribution is -0.0320. The Bertz CT molecular complexity index is 345. The van der Waals surface area contributed by atoms with Crippen molar-refractivity contribution in [1.29, 1.82) is 0 Å². The first kappa shape index (κ1) is 22.2. The lowest BCUT2D eigenvalue weighted by atomic mass is 9.94. The van der Waals surface area contributed by atoms with Crippen molar-refractivity contribution in [2.24, 2.45) is 16.8 Å². The molecule has 1 unspecified atom stereocenters. The molecule has 3 N–H and O–H groups in total. The molecule has 1 aliphatic heterocycles. The Hall–Kier alpha value is -0.850. The van der Waals surface area contributed by atoms with Crippen LogP contribution in [0.15, 0.2) is 4.99 Å². The van der Waals surface area contributed by atoms with Crippen molar-refractivity contribution in [3.8, 4) is 0 Å². The first-order valence-electron chi connectivity index (χ1n) is 9.98. The number of nitrogens with one attached hydrogen (secondary N) is 2. The lowest BCUT2D eigenvalue weighted by Crippen LogP contribution is -2.38. The van der Waals surface area contributed by atoms with Crippen molar-refractivity contribution in [1.82, 2.24) is 10.6 Å². The van der Waals surface area contributed by atoms with Gasteiger partial charge >= 0.3 is 0 Å². The zero-order valence-corrected chi connectivity index (χ0v) is 16.4. The van der Waals surface area contributed by atoms with Crippen molar-refractivity contribution >= 4 is 5.96 Å². The molecule has 1 heterocycles. The molecule has 6 nitrogen and oxygen atoms in total. The average Bonchev–Trinajstić information content (AvgIpc) is 2.59. The van der Waals surface area contributed by atoms with E-state index in [9.17, 15) is 5.11 Å². The molecule has 0 amide bonds. The van der Waals surface area contributed by atoms with Crippen LogP contribution in [0.3, 0.4) is 0 Å². The van der Waals surface area contributed by atoms with Crippen LogP contribution >= 0.6 is 0 Å². The quantitative estimate of drug-likeness (QED) is 0.284. The van der Waals surface area contributed by atoms with Gasteiger partial charge in [0.1, 0.15) is 0 Å². The molecule has 1 fully saturated rings. The van der Waals surface area contributed by atoms with E-state index < -0.39 is 0 Å². The van der Waals surface area contributed by atoms with Gasteiger partial charge in [0.05, 0.1) is 6.10 Å². The maximum absolute atomic E-state index is 9.22. The third-order valence-electron chi connectivity index (χ3n) is 4.33. The highest BCUT2D eigenvalue weighted by Gasteiger charge is 2.13. The lowest BCUT2D eigenvalue weighted by Gasteiger charge is -2.22. The van der Waals surface area contributed by atoms with E-state index >= 15 is 0 Å². The molecule has 1 saturated heterocycles. The Labute approximate surface area is 153 Å². The van der Waals surface area contributed by atoms with Crippen molar-refractivity contribution in [3.05, 3.63) is 0 Å². The fraction of sp³-hybridized carbons (Fsp3) is 0.947. The molecular weight excluding hydrogens is 318 g/mol. The number of aliphatic imine (C=N–C) groups is 1. The number of aliphatic hydroxyl groups is 1. The molecule has 0 aromatic carbocycles. The molecule has 0 aromatic rings. The van der Waals surface area contributed by atoms with Gasteiger partial charge in [-0.25, -0.2) is 0 Å². The number of aliphatic hydroxyl groups excluding tert-OH is 1. The second kappa shape index (κ2) is 14.3. The van der Waals surface area contributed by atoms with Gasteiger partial charge in [-0.05, 0) is 50.9 Å². The van der Waals surface area contributed by atoms with E-state index in [1.165, 1.54) is 0 Å². The zero-order valence-electron chi connectivity index (χ0n) is 16.4. The predicted molar refractivity (Wildman–Crippen MR) is 103 cm³/mol. The summed E-state index contributed by atoms with van der Waals surface area (Å²) in [6.07, 6.45) is 5.28. The van der Waals surface area contributed by atoms with Crippen LogP contribution in [0.1, 0.15) is 52.9 Å². The van der Waals surface area contributed by atoms with Crippen LogP contribution in [-0.4, -0.2) is 63.2 Å². The largest absolute Gasteiger partial charge is 0.396 e. The van der Waals surface area contributed by atoms with E-state index in [0.29, 0.717) is 17.9 Å². The Balaban J connectivity index is 2.26. The van der Waals surface area contributed by atoms with Crippen LogP contribution in [0, 0.1) is 11.8 Å². The minimum atomic E-state index is 0.237. The smallest absolute Gasteiger partial charge is 0.191 e. The van der Waals surface area contributed by atoms with Crippen molar-refractivity contribution in [2.45, 2.75) is 59.0 Å². The molecule has 0 radical (unpaired) electrons. The molecule has 0 bridgehead atoms. The van der Waals surface area contributed by atoms with E-state index in [4.69, 9.17) is 14.5 Å². The van der Waals surface area contributed by atoms with E-state index in [1.54, 1.807) is 0 Å². The highest BCUT2D eigenvalue weighted by molar-refractivity contribution is 5.79. The summed E-state index contributed by atoms with van der Waals surface area (Å²) in [5, 5.41) is 15.9. The average molecular weight is 358 g/mol.